The molecule has 1 aliphatic heterocycles. The maximum Gasteiger partial charge on any atom is 0.0229 e. The van der Waals surface area contributed by atoms with Crippen molar-refractivity contribution in [2.45, 2.75) is 58.2 Å². The average molecular weight is 241 g/mol. The molecule has 1 saturated heterocycles. The molecule has 0 spiro atoms. The highest BCUT2D eigenvalue weighted by molar-refractivity contribution is 4.84. The van der Waals surface area contributed by atoms with Gasteiger partial charge in [-0.15, -0.1) is 0 Å². The monoisotopic (exact) mass is 241 g/mol. The van der Waals surface area contributed by atoms with E-state index < -0.39 is 0 Å². The molecular formula is C14H31N3. The lowest BCUT2D eigenvalue weighted by Gasteiger charge is -2.27. The molecule has 1 fully saturated rings. The molecule has 2 atom stereocenters. The molecule has 102 valence electrons. The molecule has 1 heterocycles. The smallest absolute Gasteiger partial charge is 0.0229 e. The van der Waals surface area contributed by atoms with Crippen LogP contribution in [0.25, 0.3) is 0 Å². The van der Waals surface area contributed by atoms with Gasteiger partial charge in [0, 0.05) is 37.8 Å². The Morgan fingerprint density at radius 2 is 1.94 bits per heavy atom. The summed E-state index contributed by atoms with van der Waals surface area (Å²) in [5.41, 5.74) is 0. The highest BCUT2D eigenvalue weighted by Crippen LogP contribution is 2.15. The largest absolute Gasteiger partial charge is 0.312 e. The Balaban J connectivity index is 2.27. The SMILES string of the molecule is CCC(CC)NCC(C)N1CCC(N(C)C)C1. The van der Waals surface area contributed by atoms with E-state index in [9.17, 15) is 0 Å². The van der Waals surface area contributed by atoms with Gasteiger partial charge in [0.1, 0.15) is 0 Å². The van der Waals surface area contributed by atoms with E-state index in [2.05, 4.69) is 50.0 Å². The lowest BCUT2D eigenvalue weighted by atomic mass is 10.1. The standard InChI is InChI=1S/C14H31N3/c1-6-13(7-2)15-10-12(3)17-9-8-14(11-17)16(4)5/h12-15H,6-11H2,1-5H3. The van der Waals surface area contributed by atoms with Crippen molar-refractivity contribution in [3.05, 3.63) is 0 Å². The van der Waals surface area contributed by atoms with Gasteiger partial charge in [-0.1, -0.05) is 13.8 Å². The molecule has 0 amide bonds. The number of hydrogen-bond acceptors (Lipinski definition) is 3. The first-order valence-electron chi connectivity index (χ1n) is 7.22. The fourth-order valence-corrected chi connectivity index (χ4v) is 2.63. The number of nitrogens with one attached hydrogen (secondary N) is 1. The highest BCUT2D eigenvalue weighted by Gasteiger charge is 2.27. The van der Waals surface area contributed by atoms with Gasteiger partial charge in [0.15, 0.2) is 0 Å². The molecular weight excluding hydrogens is 210 g/mol. The minimum absolute atomic E-state index is 0.667. The number of likely N-dealkylation sites (N-methyl/N-ethyl adjacent to an activating group) is 1. The summed E-state index contributed by atoms with van der Waals surface area (Å²) in [6.45, 7) is 10.5. The zero-order valence-electron chi connectivity index (χ0n) is 12.4. The third-order valence-corrected chi connectivity index (χ3v) is 4.24. The molecule has 3 heteroatoms. The first kappa shape index (κ1) is 14.9. The Kier molecular flexibility index (Phi) is 6.45. The van der Waals surface area contributed by atoms with Gasteiger partial charge in [-0.05, 0) is 40.3 Å². The van der Waals surface area contributed by atoms with Gasteiger partial charge in [0.25, 0.3) is 0 Å². The third kappa shape index (κ3) is 4.57. The van der Waals surface area contributed by atoms with E-state index in [4.69, 9.17) is 0 Å². The summed E-state index contributed by atoms with van der Waals surface area (Å²) in [6.07, 6.45) is 3.80. The fraction of sp³-hybridized carbons (Fsp3) is 1.00. The Bertz CT molecular complexity index is 202. The van der Waals surface area contributed by atoms with Crippen molar-refractivity contribution in [2.24, 2.45) is 0 Å². The van der Waals surface area contributed by atoms with Gasteiger partial charge in [0.05, 0.1) is 0 Å². The summed E-state index contributed by atoms with van der Waals surface area (Å²) >= 11 is 0. The van der Waals surface area contributed by atoms with Crippen LogP contribution in [-0.4, -0.2) is 61.7 Å². The Hall–Kier alpha value is -0.120. The molecule has 0 aromatic heterocycles. The van der Waals surface area contributed by atoms with Crippen LogP contribution in [0.1, 0.15) is 40.0 Å². The molecule has 1 aliphatic rings. The second-order valence-corrected chi connectivity index (χ2v) is 5.67. The number of likely N-dealkylation sites (tertiary alicyclic amines) is 1. The predicted octanol–water partition coefficient (Wildman–Crippen LogP) is 1.79. The van der Waals surface area contributed by atoms with Crippen molar-refractivity contribution < 1.29 is 0 Å². The van der Waals surface area contributed by atoms with Gasteiger partial charge in [-0.25, -0.2) is 0 Å². The van der Waals surface area contributed by atoms with Crippen LogP contribution in [0.5, 0.6) is 0 Å². The number of nitrogens with zero attached hydrogens (tertiary/aromatic N) is 2. The van der Waals surface area contributed by atoms with Gasteiger partial charge in [-0.3, -0.25) is 4.90 Å². The highest BCUT2D eigenvalue weighted by atomic mass is 15.3. The molecule has 1 rings (SSSR count). The molecule has 0 saturated carbocycles. The molecule has 0 radical (unpaired) electrons. The summed E-state index contributed by atoms with van der Waals surface area (Å²) in [6, 6.07) is 2.12. The quantitative estimate of drug-likeness (QED) is 0.733. The van der Waals surface area contributed by atoms with Crippen LogP contribution < -0.4 is 5.32 Å². The Morgan fingerprint density at radius 3 is 2.41 bits per heavy atom. The molecule has 0 aromatic rings. The van der Waals surface area contributed by atoms with Crippen molar-refractivity contribution in [3.63, 3.8) is 0 Å². The lowest BCUT2D eigenvalue weighted by Crippen LogP contribution is -2.43. The van der Waals surface area contributed by atoms with Crippen LogP contribution in [0, 0.1) is 0 Å². The second-order valence-electron chi connectivity index (χ2n) is 5.67. The van der Waals surface area contributed by atoms with Crippen molar-refractivity contribution >= 4 is 0 Å². The lowest BCUT2D eigenvalue weighted by molar-refractivity contribution is 0.217. The summed E-state index contributed by atoms with van der Waals surface area (Å²) in [5.74, 6) is 0. The van der Waals surface area contributed by atoms with Gasteiger partial charge in [0.2, 0.25) is 0 Å². The van der Waals surface area contributed by atoms with E-state index in [1.54, 1.807) is 0 Å². The third-order valence-electron chi connectivity index (χ3n) is 4.24. The van der Waals surface area contributed by atoms with E-state index in [-0.39, 0.29) is 0 Å². The van der Waals surface area contributed by atoms with Gasteiger partial charge < -0.3 is 10.2 Å². The van der Waals surface area contributed by atoms with Gasteiger partial charge >= 0.3 is 0 Å². The van der Waals surface area contributed by atoms with E-state index in [0.29, 0.717) is 12.1 Å². The van der Waals surface area contributed by atoms with Crippen LogP contribution in [0.3, 0.4) is 0 Å². The maximum absolute atomic E-state index is 3.68. The zero-order chi connectivity index (χ0) is 12.8. The average Bonchev–Trinajstić information content (AvgIpc) is 2.79. The van der Waals surface area contributed by atoms with E-state index in [1.807, 2.05) is 0 Å². The summed E-state index contributed by atoms with van der Waals surface area (Å²) in [5, 5.41) is 3.68. The zero-order valence-corrected chi connectivity index (χ0v) is 12.4. The molecule has 0 bridgehead atoms. The van der Waals surface area contributed by atoms with E-state index >= 15 is 0 Å². The first-order valence-corrected chi connectivity index (χ1v) is 7.22. The second kappa shape index (κ2) is 7.34. The van der Waals surface area contributed by atoms with Crippen LogP contribution in [-0.2, 0) is 0 Å². The molecule has 0 aliphatic carbocycles. The van der Waals surface area contributed by atoms with Crippen LogP contribution >= 0.6 is 0 Å². The molecule has 2 unspecified atom stereocenters. The minimum Gasteiger partial charge on any atom is -0.312 e. The number of rotatable bonds is 7. The van der Waals surface area contributed by atoms with Crippen molar-refractivity contribution in [2.75, 3.05) is 33.7 Å². The maximum atomic E-state index is 3.68. The van der Waals surface area contributed by atoms with Crippen molar-refractivity contribution in [1.82, 2.24) is 15.1 Å². The van der Waals surface area contributed by atoms with E-state index in [1.165, 1.54) is 32.4 Å². The first-order chi connectivity index (χ1) is 8.08. The van der Waals surface area contributed by atoms with Gasteiger partial charge in [-0.2, -0.15) is 0 Å². The number of hydrogen-bond donors (Lipinski definition) is 1. The van der Waals surface area contributed by atoms with Crippen LogP contribution in [0.4, 0.5) is 0 Å². The topological polar surface area (TPSA) is 18.5 Å². The van der Waals surface area contributed by atoms with E-state index in [0.717, 1.165) is 12.6 Å². The fourth-order valence-electron chi connectivity index (χ4n) is 2.63. The van der Waals surface area contributed by atoms with Crippen LogP contribution in [0.15, 0.2) is 0 Å². The minimum atomic E-state index is 0.667. The Labute approximate surface area is 108 Å². The summed E-state index contributed by atoms with van der Waals surface area (Å²) in [4.78, 5) is 4.99. The van der Waals surface area contributed by atoms with Crippen LogP contribution in [0.2, 0.25) is 0 Å². The Morgan fingerprint density at radius 1 is 1.29 bits per heavy atom. The van der Waals surface area contributed by atoms with Crippen molar-refractivity contribution in [3.8, 4) is 0 Å². The summed E-state index contributed by atoms with van der Waals surface area (Å²) < 4.78 is 0. The molecule has 1 N–H and O–H groups in total. The molecule has 3 nitrogen and oxygen atoms in total. The molecule has 0 aromatic carbocycles. The normalized spacial score (nSPS) is 23.8. The van der Waals surface area contributed by atoms with Crippen molar-refractivity contribution in [1.29, 1.82) is 0 Å². The predicted molar refractivity (Wildman–Crippen MR) is 75.5 cm³/mol. The molecule has 17 heavy (non-hydrogen) atoms. The summed E-state index contributed by atoms with van der Waals surface area (Å²) in [7, 11) is 4.39.